The van der Waals surface area contributed by atoms with Crippen LogP contribution in [0.25, 0.3) is 0 Å². The van der Waals surface area contributed by atoms with Crippen LogP contribution in [0, 0.1) is 6.92 Å². The fourth-order valence-electron chi connectivity index (χ4n) is 3.76. The Morgan fingerprint density at radius 3 is 2.08 bits per heavy atom. The Balaban J connectivity index is 1.46. The second-order valence-corrected chi connectivity index (χ2v) is 10.6. The van der Waals surface area contributed by atoms with Crippen LogP contribution in [0.15, 0.2) is 108 Å². The van der Waals surface area contributed by atoms with E-state index in [4.69, 9.17) is 4.74 Å². The molecular weight excluding hydrogens is 516 g/mol. The first-order valence-electron chi connectivity index (χ1n) is 12.1. The SMILES string of the molecule is COC(=O)c1ccc(NC(=O)COc2ccc(N(Cc3ccccc3)S(=O)(=O)c3ccc(C)cc3)cc2)cc1. The molecule has 0 radical (unpaired) electrons. The van der Waals surface area contributed by atoms with Crippen LogP contribution in [0.2, 0.25) is 0 Å². The number of nitrogens with zero attached hydrogens (tertiary/aromatic N) is 1. The van der Waals surface area contributed by atoms with Gasteiger partial charge in [0.05, 0.1) is 29.8 Å². The Kier molecular flexibility index (Phi) is 8.63. The lowest BCUT2D eigenvalue weighted by Gasteiger charge is -2.25. The Hall–Kier alpha value is -4.63. The zero-order valence-electron chi connectivity index (χ0n) is 21.5. The predicted molar refractivity (Wildman–Crippen MR) is 149 cm³/mol. The molecule has 0 atom stereocenters. The van der Waals surface area contributed by atoms with Crippen LogP contribution in [0.4, 0.5) is 11.4 Å². The number of rotatable bonds is 10. The van der Waals surface area contributed by atoms with E-state index in [2.05, 4.69) is 10.1 Å². The highest BCUT2D eigenvalue weighted by Gasteiger charge is 2.25. The first-order chi connectivity index (χ1) is 18.8. The van der Waals surface area contributed by atoms with E-state index < -0.39 is 21.9 Å². The summed E-state index contributed by atoms with van der Waals surface area (Å²) in [6.07, 6.45) is 0. The average Bonchev–Trinajstić information content (AvgIpc) is 2.96. The first kappa shape index (κ1) is 27.4. The number of esters is 1. The number of carbonyl (C=O) groups is 2. The Bertz CT molecular complexity index is 1520. The number of nitrogens with one attached hydrogen (secondary N) is 1. The molecule has 9 heteroatoms. The summed E-state index contributed by atoms with van der Waals surface area (Å²) >= 11 is 0. The Morgan fingerprint density at radius 2 is 1.46 bits per heavy atom. The van der Waals surface area contributed by atoms with E-state index >= 15 is 0 Å². The van der Waals surface area contributed by atoms with Gasteiger partial charge in [0.25, 0.3) is 15.9 Å². The number of carbonyl (C=O) groups excluding carboxylic acids is 2. The van der Waals surface area contributed by atoms with Gasteiger partial charge in [-0.3, -0.25) is 9.10 Å². The van der Waals surface area contributed by atoms with Gasteiger partial charge >= 0.3 is 5.97 Å². The molecule has 200 valence electrons. The molecule has 0 aliphatic heterocycles. The van der Waals surface area contributed by atoms with E-state index in [9.17, 15) is 18.0 Å². The van der Waals surface area contributed by atoms with Crippen molar-refractivity contribution in [3.8, 4) is 5.75 Å². The van der Waals surface area contributed by atoms with Crippen molar-refractivity contribution >= 4 is 33.3 Å². The lowest BCUT2D eigenvalue weighted by atomic mass is 10.2. The van der Waals surface area contributed by atoms with Gasteiger partial charge in [-0.1, -0.05) is 48.0 Å². The number of methoxy groups -OCH3 is 1. The summed E-state index contributed by atoms with van der Waals surface area (Å²) in [6.45, 7) is 1.79. The van der Waals surface area contributed by atoms with Crippen LogP contribution < -0.4 is 14.4 Å². The van der Waals surface area contributed by atoms with E-state index in [0.717, 1.165) is 11.1 Å². The molecule has 0 heterocycles. The molecule has 8 nitrogen and oxygen atoms in total. The largest absolute Gasteiger partial charge is 0.484 e. The van der Waals surface area contributed by atoms with Crippen molar-refractivity contribution in [2.45, 2.75) is 18.4 Å². The van der Waals surface area contributed by atoms with Gasteiger partial charge in [-0.05, 0) is 73.2 Å². The Morgan fingerprint density at radius 1 is 0.821 bits per heavy atom. The fraction of sp³-hybridized carbons (Fsp3) is 0.133. The summed E-state index contributed by atoms with van der Waals surface area (Å²) in [5, 5.41) is 2.69. The molecule has 0 fully saturated rings. The second-order valence-electron chi connectivity index (χ2n) is 8.71. The van der Waals surface area contributed by atoms with Crippen molar-refractivity contribution in [3.05, 3.63) is 120 Å². The number of amides is 1. The molecule has 0 bridgehead atoms. The summed E-state index contributed by atoms with van der Waals surface area (Å²) in [5.41, 5.74) is 3.14. The average molecular weight is 545 g/mol. The number of aryl methyl sites for hydroxylation is 1. The standard InChI is InChI=1S/C30H28N2O6S/c1-22-8-18-28(19-9-22)39(35,36)32(20-23-6-4-3-5-7-23)26-14-16-27(17-15-26)38-21-29(33)31-25-12-10-24(11-13-25)30(34)37-2/h3-19H,20-21H2,1-2H3,(H,31,33). The molecule has 0 saturated heterocycles. The third-order valence-corrected chi connectivity index (χ3v) is 7.65. The van der Waals surface area contributed by atoms with Crippen molar-refractivity contribution in [2.75, 3.05) is 23.3 Å². The second kappa shape index (κ2) is 12.3. The summed E-state index contributed by atoms with van der Waals surface area (Å²) in [6, 6.07) is 28.9. The molecule has 0 saturated carbocycles. The number of anilines is 2. The fourth-order valence-corrected chi connectivity index (χ4v) is 5.22. The number of sulfonamides is 1. The molecule has 0 aliphatic rings. The molecule has 4 aromatic rings. The van der Waals surface area contributed by atoms with Crippen LogP contribution in [0.3, 0.4) is 0 Å². The summed E-state index contributed by atoms with van der Waals surface area (Å²) < 4.78 is 38.8. The number of hydrogen-bond acceptors (Lipinski definition) is 6. The number of benzene rings is 4. The smallest absolute Gasteiger partial charge is 0.337 e. The number of ether oxygens (including phenoxy) is 2. The third kappa shape index (κ3) is 7.03. The van der Waals surface area contributed by atoms with Crippen LogP contribution in [-0.2, 0) is 26.1 Å². The lowest BCUT2D eigenvalue weighted by Crippen LogP contribution is -2.30. The monoisotopic (exact) mass is 544 g/mol. The van der Waals surface area contributed by atoms with Crippen LogP contribution in [-0.4, -0.2) is 34.0 Å². The van der Waals surface area contributed by atoms with E-state index in [1.165, 1.54) is 11.4 Å². The highest BCUT2D eigenvalue weighted by Crippen LogP contribution is 2.28. The predicted octanol–water partition coefficient (Wildman–Crippen LogP) is 5.19. The molecule has 0 unspecified atom stereocenters. The zero-order valence-corrected chi connectivity index (χ0v) is 22.4. The maximum Gasteiger partial charge on any atom is 0.337 e. The molecular formula is C30H28N2O6S. The zero-order chi connectivity index (χ0) is 27.8. The number of hydrogen-bond donors (Lipinski definition) is 1. The van der Waals surface area contributed by atoms with E-state index in [-0.39, 0.29) is 18.0 Å². The summed E-state index contributed by atoms with van der Waals surface area (Å²) in [7, 11) is -2.56. The quantitative estimate of drug-likeness (QED) is 0.276. The molecule has 1 N–H and O–H groups in total. The minimum atomic E-state index is -3.85. The minimum Gasteiger partial charge on any atom is -0.484 e. The normalized spacial score (nSPS) is 10.9. The van der Waals surface area contributed by atoms with Gasteiger partial charge < -0.3 is 14.8 Å². The topological polar surface area (TPSA) is 102 Å². The van der Waals surface area contributed by atoms with Crippen molar-refractivity contribution in [2.24, 2.45) is 0 Å². The van der Waals surface area contributed by atoms with Crippen molar-refractivity contribution in [3.63, 3.8) is 0 Å². The van der Waals surface area contributed by atoms with Crippen molar-refractivity contribution in [1.29, 1.82) is 0 Å². The summed E-state index contributed by atoms with van der Waals surface area (Å²) in [4.78, 5) is 24.1. The summed E-state index contributed by atoms with van der Waals surface area (Å²) in [5.74, 6) is -0.450. The first-order valence-corrected chi connectivity index (χ1v) is 13.5. The van der Waals surface area contributed by atoms with Gasteiger partial charge in [0.2, 0.25) is 0 Å². The van der Waals surface area contributed by atoms with Crippen molar-refractivity contribution in [1.82, 2.24) is 0 Å². The molecule has 39 heavy (non-hydrogen) atoms. The van der Waals surface area contributed by atoms with Crippen LogP contribution in [0.1, 0.15) is 21.5 Å². The van der Waals surface area contributed by atoms with Gasteiger partial charge in [-0.25, -0.2) is 13.2 Å². The van der Waals surface area contributed by atoms with E-state index in [1.807, 2.05) is 37.3 Å². The highest BCUT2D eigenvalue weighted by atomic mass is 32.2. The molecule has 0 aliphatic carbocycles. The maximum atomic E-state index is 13.6. The van der Waals surface area contributed by atoms with Gasteiger partial charge in [0.15, 0.2) is 6.61 Å². The van der Waals surface area contributed by atoms with Gasteiger partial charge in [-0.15, -0.1) is 0 Å². The van der Waals surface area contributed by atoms with E-state index in [0.29, 0.717) is 22.7 Å². The minimum absolute atomic E-state index is 0.147. The molecule has 1 amide bonds. The molecule has 4 aromatic carbocycles. The molecule has 4 rings (SSSR count). The Labute approximate surface area is 227 Å². The van der Waals surface area contributed by atoms with Gasteiger partial charge in [0, 0.05) is 5.69 Å². The van der Waals surface area contributed by atoms with Crippen molar-refractivity contribution < 1.29 is 27.5 Å². The van der Waals surface area contributed by atoms with Gasteiger partial charge in [-0.2, -0.15) is 0 Å². The van der Waals surface area contributed by atoms with Crippen LogP contribution >= 0.6 is 0 Å². The molecule has 0 spiro atoms. The lowest BCUT2D eigenvalue weighted by molar-refractivity contribution is -0.118. The van der Waals surface area contributed by atoms with Gasteiger partial charge in [0.1, 0.15) is 5.75 Å². The van der Waals surface area contributed by atoms with Crippen LogP contribution in [0.5, 0.6) is 5.75 Å². The van der Waals surface area contributed by atoms with E-state index in [1.54, 1.807) is 72.8 Å². The highest BCUT2D eigenvalue weighted by molar-refractivity contribution is 7.92. The third-order valence-electron chi connectivity index (χ3n) is 5.86. The molecule has 0 aromatic heterocycles. The maximum absolute atomic E-state index is 13.6.